The summed E-state index contributed by atoms with van der Waals surface area (Å²) in [5.74, 6) is 0.305. The fourth-order valence-corrected chi connectivity index (χ4v) is 3.94. The van der Waals surface area contributed by atoms with Gasteiger partial charge < -0.3 is 20.1 Å². The number of carbonyl (C=O) groups is 2. The van der Waals surface area contributed by atoms with E-state index in [9.17, 15) is 14.7 Å². The Morgan fingerprint density at radius 2 is 2.10 bits per heavy atom. The van der Waals surface area contributed by atoms with Crippen LogP contribution >= 0.6 is 0 Å². The summed E-state index contributed by atoms with van der Waals surface area (Å²) in [5.41, 5.74) is 1.86. The maximum absolute atomic E-state index is 12.5. The van der Waals surface area contributed by atoms with Crippen LogP contribution in [0.2, 0.25) is 0 Å². The quantitative estimate of drug-likeness (QED) is 0.721. The minimum absolute atomic E-state index is 0.215. The number of piperazine rings is 2. The molecule has 1 aromatic heterocycles. The molecule has 2 fully saturated rings. The topological polar surface area (TPSA) is 99.9 Å². The number of nitrogens with one attached hydrogen (secondary N) is 1. The van der Waals surface area contributed by atoms with Crippen molar-refractivity contribution in [3.05, 3.63) is 42.2 Å². The van der Waals surface area contributed by atoms with Gasteiger partial charge in [0, 0.05) is 37.9 Å². The number of nitrogens with zero attached hydrogens (tertiary/aromatic N) is 4. The van der Waals surface area contributed by atoms with Crippen molar-refractivity contribution in [2.45, 2.75) is 31.7 Å². The van der Waals surface area contributed by atoms with Crippen molar-refractivity contribution in [1.82, 2.24) is 24.9 Å². The fourth-order valence-electron chi connectivity index (χ4n) is 3.94. The summed E-state index contributed by atoms with van der Waals surface area (Å²) >= 11 is 0. The molecule has 0 bridgehead atoms. The van der Waals surface area contributed by atoms with E-state index in [-0.39, 0.29) is 11.8 Å². The van der Waals surface area contributed by atoms with Crippen LogP contribution < -0.4 is 10.1 Å². The van der Waals surface area contributed by atoms with Gasteiger partial charge in [0.1, 0.15) is 23.5 Å². The molecule has 2 aromatic rings. The highest BCUT2D eigenvalue weighted by molar-refractivity contribution is 5.97. The van der Waals surface area contributed by atoms with Crippen molar-refractivity contribution in [3.8, 4) is 11.4 Å². The van der Waals surface area contributed by atoms with Crippen LogP contribution in [0.25, 0.3) is 5.69 Å². The third-order valence-electron chi connectivity index (χ3n) is 5.47. The molecule has 0 spiro atoms. The van der Waals surface area contributed by atoms with Crippen LogP contribution in [0.4, 0.5) is 0 Å². The first kappa shape index (κ1) is 19.4. The molecule has 3 heterocycles. The molecule has 1 aromatic carbocycles. The Hall–Kier alpha value is -2.91. The number of aromatic nitrogens is 2. The molecule has 0 aliphatic carbocycles. The largest absolute Gasteiger partial charge is 0.494 e. The van der Waals surface area contributed by atoms with Crippen LogP contribution in [0.1, 0.15) is 12.5 Å². The smallest absolute Gasteiger partial charge is 0.248 e. The van der Waals surface area contributed by atoms with Gasteiger partial charge in [-0.25, -0.2) is 4.68 Å². The third-order valence-corrected chi connectivity index (χ3v) is 5.47. The average Bonchev–Trinajstić information content (AvgIpc) is 3.18. The number of benzene rings is 1. The number of aliphatic hydroxyl groups is 1. The zero-order valence-corrected chi connectivity index (χ0v) is 16.5. The van der Waals surface area contributed by atoms with E-state index in [0.29, 0.717) is 26.2 Å². The second-order valence-electron chi connectivity index (χ2n) is 7.47. The Balaban J connectivity index is 1.44. The van der Waals surface area contributed by atoms with Gasteiger partial charge in [-0.2, -0.15) is 5.10 Å². The summed E-state index contributed by atoms with van der Waals surface area (Å²) < 4.78 is 7.17. The van der Waals surface area contributed by atoms with Crippen molar-refractivity contribution in [2.24, 2.45) is 0 Å². The van der Waals surface area contributed by atoms with Crippen molar-refractivity contribution in [1.29, 1.82) is 0 Å². The highest BCUT2D eigenvalue weighted by Gasteiger charge is 2.44. The van der Waals surface area contributed by atoms with E-state index in [0.717, 1.165) is 17.0 Å². The summed E-state index contributed by atoms with van der Waals surface area (Å²) in [4.78, 5) is 28.7. The Morgan fingerprint density at radius 3 is 2.86 bits per heavy atom. The van der Waals surface area contributed by atoms with E-state index < -0.39 is 18.2 Å². The zero-order valence-electron chi connectivity index (χ0n) is 16.5. The van der Waals surface area contributed by atoms with Crippen LogP contribution in [0, 0.1) is 0 Å². The van der Waals surface area contributed by atoms with Gasteiger partial charge in [-0.1, -0.05) is 12.1 Å². The molecule has 2 aliphatic rings. The van der Waals surface area contributed by atoms with Gasteiger partial charge in [0.05, 0.1) is 19.4 Å². The molecular formula is C20H25N5O4. The van der Waals surface area contributed by atoms with E-state index in [1.165, 1.54) is 6.92 Å². The molecule has 0 saturated carbocycles. The van der Waals surface area contributed by atoms with Gasteiger partial charge in [0.15, 0.2) is 0 Å². The fraction of sp³-hybridized carbons (Fsp3) is 0.450. The number of amides is 2. The molecule has 9 heteroatoms. The number of rotatable bonds is 5. The van der Waals surface area contributed by atoms with E-state index >= 15 is 0 Å². The van der Waals surface area contributed by atoms with Gasteiger partial charge in [0.2, 0.25) is 11.8 Å². The number of ether oxygens (including phenoxy) is 1. The lowest BCUT2D eigenvalue weighted by molar-refractivity contribution is -0.156. The third kappa shape index (κ3) is 3.70. The Kier molecular flexibility index (Phi) is 5.25. The minimum atomic E-state index is -0.911. The molecule has 0 unspecified atom stereocenters. The molecule has 4 rings (SSSR count). The van der Waals surface area contributed by atoms with E-state index in [2.05, 4.69) is 15.3 Å². The van der Waals surface area contributed by atoms with Gasteiger partial charge >= 0.3 is 0 Å². The molecule has 154 valence electrons. The minimum Gasteiger partial charge on any atom is -0.494 e. The Bertz CT molecular complexity index is 912. The van der Waals surface area contributed by atoms with Crippen molar-refractivity contribution in [2.75, 3.05) is 26.7 Å². The highest BCUT2D eigenvalue weighted by atomic mass is 16.5. The first-order valence-corrected chi connectivity index (χ1v) is 9.66. The lowest BCUT2D eigenvalue weighted by Gasteiger charge is -2.45. The number of aliphatic hydroxyl groups excluding tert-OH is 1. The van der Waals surface area contributed by atoms with Gasteiger partial charge in [-0.15, -0.1) is 0 Å². The summed E-state index contributed by atoms with van der Waals surface area (Å²) in [5, 5.41) is 16.8. The number of hydrogen-bond donors (Lipinski definition) is 2. The molecule has 0 radical (unpaired) electrons. The number of fused-ring (bicyclic) bond motifs is 1. The lowest BCUT2D eigenvalue weighted by Crippen LogP contribution is -2.70. The highest BCUT2D eigenvalue weighted by Crippen LogP contribution is 2.23. The van der Waals surface area contributed by atoms with Gasteiger partial charge in [-0.3, -0.25) is 14.5 Å². The molecule has 2 aliphatic heterocycles. The Labute approximate surface area is 168 Å². The van der Waals surface area contributed by atoms with E-state index in [1.807, 2.05) is 30.5 Å². The molecule has 2 amide bonds. The Morgan fingerprint density at radius 1 is 1.31 bits per heavy atom. The molecule has 3 atom stereocenters. The molecule has 9 nitrogen and oxygen atoms in total. The number of carbonyl (C=O) groups excluding carboxylic acids is 2. The van der Waals surface area contributed by atoms with E-state index in [4.69, 9.17) is 4.74 Å². The molecular weight excluding hydrogens is 374 g/mol. The second kappa shape index (κ2) is 7.84. The van der Waals surface area contributed by atoms with Crippen molar-refractivity contribution in [3.63, 3.8) is 0 Å². The van der Waals surface area contributed by atoms with E-state index in [1.54, 1.807) is 22.9 Å². The summed E-state index contributed by atoms with van der Waals surface area (Å²) in [6.07, 6.45) is 2.83. The maximum Gasteiger partial charge on any atom is 0.248 e. The predicted molar refractivity (Wildman–Crippen MR) is 105 cm³/mol. The first-order valence-electron chi connectivity index (χ1n) is 9.66. The lowest BCUT2D eigenvalue weighted by atomic mass is 10.0. The summed E-state index contributed by atoms with van der Waals surface area (Å²) in [6.45, 7) is 3.70. The molecule has 29 heavy (non-hydrogen) atoms. The molecule has 2 N–H and O–H groups in total. The number of methoxy groups -OCH3 is 1. The van der Waals surface area contributed by atoms with Crippen LogP contribution in [-0.2, 0) is 16.1 Å². The SMILES string of the molecule is COc1ccccc1-n1cc(CN2CCN3C(=O)[C@@H]([C@H](C)O)NC(=O)[C@H]3C2)cn1. The van der Waals surface area contributed by atoms with Gasteiger partial charge in [-0.05, 0) is 19.1 Å². The van der Waals surface area contributed by atoms with Crippen LogP contribution in [0.15, 0.2) is 36.7 Å². The normalized spacial score (nSPS) is 23.5. The average molecular weight is 399 g/mol. The number of para-hydroxylation sites is 2. The first-order chi connectivity index (χ1) is 14.0. The predicted octanol–water partition coefficient (Wildman–Crippen LogP) is -0.227. The molecule has 2 saturated heterocycles. The maximum atomic E-state index is 12.5. The van der Waals surface area contributed by atoms with Crippen LogP contribution in [0.5, 0.6) is 5.75 Å². The van der Waals surface area contributed by atoms with Crippen molar-refractivity contribution < 1.29 is 19.4 Å². The standard InChI is InChI=1S/C20H25N5O4/c1-13(26)18-20(28)24-8-7-23(12-16(24)19(27)22-18)10-14-9-21-25(11-14)15-5-3-4-6-17(15)29-2/h3-6,9,11,13,16,18,26H,7-8,10,12H2,1-2H3,(H,22,27)/t13-,16+,18+/m0/s1. The zero-order chi connectivity index (χ0) is 20.5. The van der Waals surface area contributed by atoms with Gasteiger partial charge in [0.25, 0.3) is 0 Å². The van der Waals surface area contributed by atoms with Crippen molar-refractivity contribution >= 4 is 11.8 Å². The van der Waals surface area contributed by atoms with Crippen LogP contribution in [0.3, 0.4) is 0 Å². The second-order valence-corrected chi connectivity index (χ2v) is 7.47. The van der Waals surface area contributed by atoms with Crippen LogP contribution in [-0.4, -0.2) is 81.4 Å². The monoisotopic (exact) mass is 399 g/mol. The summed E-state index contributed by atoms with van der Waals surface area (Å²) in [6, 6.07) is 6.27. The summed E-state index contributed by atoms with van der Waals surface area (Å²) in [7, 11) is 1.63. The number of hydrogen-bond acceptors (Lipinski definition) is 6.